The maximum Gasteiger partial charge on any atom is 0.160 e. The summed E-state index contributed by atoms with van der Waals surface area (Å²) in [6.07, 6.45) is 3.95. The van der Waals surface area contributed by atoms with Crippen LogP contribution >= 0.6 is 0 Å². The average Bonchev–Trinajstić information content (AvgIpc) is 3.08. The van der Waals surface area contributed by atoms with Crippen LogP contribution < -0.4 is 0 Å². The molecule has 1 fully saturated rings. The Morgan fingerprint density at radius 3 is 2.60 bits per heavy atom. The van der Waals surface area contributed by atoms with Crippen LogP contribution in [0.4, 0.5) is 8.78 Å². The smallest absolute Gasteiger partial charge is 0.160 e. The molecule has 1 aliphatic heterocycles. The number of fused-ring (bicyclic) bond motifs is 1. The van der Waals surface area contributed by atoms with Crippen LogP contribution in [0.25, 0.3) is 5.65 Å². The van der Waals surface area contributed by atoms with Crippen molar-refractivity contribution >= 4 is 5.65 Å². The fraction of sp³-hybridized carbons (Fsp3) is 0.368. The summed E-state index contributed by atoms with van der Waals surface area (Å²) in [4.78, 5) is 2.31. The van der Waals surface area contributed by atoms with Gasteiger partial charge in [0.15, 0.2) is 17.3 Å². The molecule has 4 nitrogen and oxygen atoms in total. The van der Waals surface area contributed by atoms with Gasteiger partial charge in [-0.1, -0.05) is 12.1 Å². The zero-order valence-corrected chi connectivity index (χ0v) is 14.1. The number of aromatic nitrogens is 3. The van der Waals surface area contributed by atoms with Gasteiger partial charge in [-0.15, -0.1) is 10.2 Å². The average molecular weight is 342 g/mol. The van der Waals surface area contributed by atoms with Crippen molar-refractivity contribution in [2.45, 2.75) is 31.7 Å². The lowest BCUT2D eigenvalue weighted by Gasteiger charge is -2.35. The molecule has 6 heteroatoms. The molecule has 1 aliphatic rings. The number of rotatable bonds is 3. The molecule has 0 N–H and O–H groups in total. The number of pyridine rings is 1. The number of halogens is 2. The van der Waals surface area contributed by atoms with Gasteiger partial charge in [-0.3, -0.25) is 9.30 Å². The Morgan fingerprint density at radius 1 is 1.04 bits per heavy atom. The monoisotopic (exact) mass is 342 g/mol. The van der Waals surface area contributed by atoms with E-state index in [4.69, 9.17) is 0 Å². The Labute approximate surface area is 145 Å². The van der Waals surface area contributed by atoms with Crippen molar-refractivity contribution in [1.82, 2.24) is 19.5 Å². The van der Waals surface area contributed by atoms with Crippen molar-refractivity contribution in [3.63, 3.8) is 0 Å². The second kappa shape index (κ2) is 6.52. The molecule has 1 aromatic carbocycles. The van der Waals surface area contributed by atoms with Crippen LogP contribution in [0.1, 0.15) is 43.1 Å². The third-order valence-corrected chi connectivity index (χ3v) is 5.21. The SMILES string of the molecule is C[C@@H](c1ccc(F)c(F)c1)N1CCC(c2nnc3ccccn23)CC1. The van der Waals surface area contributed by atoms with E-state index in [1.165, 1.54) is 12.1 Å². The summed E-state index contributed by atoms with van der Waals surface area (Å²) in [5.74, 6) is -0.205. The van der Waals surface area contributed by atoms with Crippen LogP contribution in [0, 0.1) is 11.6 Å². The molecular weight excluding hydrogens is 322 g/mol. The van der Waals surface area contributed by atoms with Crippen LogP contribution in [0.15, 0.2) is 42.6 Å². The van der Waals surface area contributed by atoms with Gasteiger partial charge in [0.05, 0.1) is 0 Å². The third kappa shape index (κ3) is 3.02. The van der Waals surface area contributed by atoms with E-state index in [0.29, 0.717) is 5.92 Å². The molecule has 0 radical (unpaired) electrons. The van der Waals surface area contributed by atoms with E-state index in [-0.39, 0.29) is 6.04 Å². The van der Waals surface area contributed by atoms with E-state index in [0.717, 1.165) is 43.0 Å². The number of benzene rings is 1. The molecule has 1 saturated heterocycles. The zero-order valence-electron chi connectivity index (χ0n) is 14.1. The van der Waals surface area contributed by atoms with E-state index >= 15 is 0 Å². The van der Waals surface area contributed by atoms with E-state index in [2.05, 4.69) is 19.5 Å². The summed E-state index contributed by atoms with van der Waals surface area (Å²) < 4.78 is 28.7. The molecule has 3 heterocycles. The summed E-state index contributed by atoms with van der Waals surface area (Å²) in [6, 6.07) is 10.1. The molecule has 25 heavy (non-hydrogen) atoms. The molecule has 0 spiro atoms. The van der Waals surface area contributed by atoms with Crippen LogP contribution in [0.3, 0.4) is 0 Å². The standard InChI is InChI=1S/C19H20F2N4/c1-13(15-5-6-16(20)17(21)12-15)24-10-7-14(8-11-24)19-23-22-18-4-2-3-9-25(18)19/h2-6,9,12-14H,7-8,10-11H2,1H3/t13-/m0/s1. The van der Waals surface area contributed by atoms with Gasteiger partial charge >= 0.3 is 0 Å². The maximum absolute atomic E-state index is 13.5. The second-order valence-corrected chi connectivity index (χ2v) is 6.65. The maximum atomic E-state index is 13.5. The highest BCUT2D eigenvalue weighted by molar-refractivity contribution is 5.37. The van der Waals surface area contributed by atoms with E-state index < -0.39 is 11.6 Å². The van der Waals surface area contributed by atoms with E-state index in [9.17, 15) is 8.78 Å². The number of hydrogen-bond donors (Lipinski definition) is 0. The molecule has 0 unspecified atom stereocenters. The van der Waals surface area contributed by atoms with Gasteiger partial charge in [-0.05, 0) is 62.7 Å². The highest BCUT2D eigenvalue weighted by atomic mass is 19.2. The topological polar surface area (TPSA) is 33.4 Å². The summed E-state index contributed by atoms with van der Waals surface area (Å²) in [5.41, 5.74) is 1.68. The normalized spacial score (nSPS) is 17.9. The largest absolute Gasteiger partial charge is 0.297 e. The van der Waals surface area contributed by atoms with Crippen molar-refractivity contribution in [3.8, 4) is 0 Å². The highest BCUT2D eigenvalue weighted by Crippen LogP contribution is 2.31. The highest BCUT2D eigenvalue weighted by Gasteiger charge is 2.27. The number of nitrogens with zero attached hydrogens (tertiary/aromatic N) is 4. The predicted octanol–water partition coefficient (Wildman–Crippen LogP) is 3.95. The minimum atomic E-state index is -0.798. The van der Waals surface area contributed by atoms with Gasteiger partial charge < -0.3 is 0 Å². The number of hydrogen-bond acceptors (Lipinski definition) is 3. The van der Waals surface area contributed by atoms with Crippen molar-refractivity contribution in [2.75, 3.05) is 13.1 Å². The molecule has 0 aliphatic carbocycles. The lowest BCUT2D eigenvalue weighted by molar-refractivity contribution is 0.159. The first-order valence-electron chi connectivity index (χ1n) is 8.62. The van der Waals surface area contributed by atoms with Crippen molar-refractivity contribution in [1.29, 1.82) is 0 Å². The second-order valence-electron chi connectivity index (χ2n) is 6.65. The van der Waals surface area contributed by atoms with Crippen LogP contribution in [-0.4, -0.2) is 32.6 Å². The van der Waals surface area contributed by atoms with Gasteiger partial charge in [-0.2, -0.15) is 0 Å². The van der Waals surface area contributed by atoms with Gasteiger partial charge in [0.25, 0.3) is 0 Å². The number of piperidine rings is 1. The number of likely N-dealkylation sites (tertiary alicyclic amines) is 1. The van der Waals surface area contributed by atoms with Gasteiger partial charge in [0.2, 0.25) is 0 Å². The third-order valence-electron chi connectivity index (χ3n) is 5.21. The Bertz CT molecular complexity index is 884. The summed E-state index contributed by atoms with van der Waals surface area (Å²) in [5, 5.41) is 8.61. The van der Waals surface area contributed by atoms with Gasteiger partial charge in [0, 0.05) is 18.2 Å². The fourth-order valence-electron chi connectivity index (χ4n) is 3.67. The van der Waals surface area contributed by atoms with Crippen molar-refractivity contribution < 1.29 is 8.78 Å². The molecule has 4 rings (SSSR count). The molecule has 1 atom stereocenters. The zero-order chi connectivity index (χ0) is 17.4. The molecule has 0 bridgehead atoms. The van der Waals surface area contributed by atoms with Crippen LogP contribution in [-0.2, 0) is 0 Å². The summed E-state index contributed by atoms with van der Waals surface area (Å²) in [7, 11) is 0. The molecule has 2 aromatic heterocycles. The molecule has 130 valence electrons. The minimum absolute atomic E-state index is 0.0613. The Balaban J connectivity index is 1.46. The lowest BCUT2D eigenvalue weighted by Crippen LogP contribution is -2.35. The molecule has 3 aromatic rings. The van der Waals surface area contributed by atoms with Crippen LogP contribution in [0.5, 0.6) is 0 Å². The minimum Gasteiger partial charge on any atom is -0.297 e. The Kier molecular flexibility index (Phi) is 4.21. The van der Waals surface area contributed by atoms with E-state index in [1.54, 1.807) is 6.07 Å². The lowest BCUT2D eigenvalue weighted by atomic mass is 9.94. The van der Waals surface area contributed by atoms with Gasteiger partial charge in [-0.25, -0.2) is 8.78 Å². The van der Waals surface area contributed by atoms with Crippen LogP contribution in [0.2, 0.25) is 0 Å². The Morgan fingerprint density at radius 2 is 1.84 bits per heavy atom. The molecular formula is C19H20F2N4. The van der Waals surface area contributed by atoms with Crippen molar-refractivity contribution in [2.24, 2.45) is 0 Å². The Hall–Kier alpha value is -2.34. The fourth-order valence-corrected chi connectivity index (χ4v) is 3.67. The summed E-state index contributed by atoms with van der Waals surface area (Å²) >= 11 is 0. The first kappa shape index (κ1) is 16.1. The predicted molar refractivity (Wildman–Crippen MR) is 91.3 cm³/mol. The first-order valence-corrected chi connectivity index (χ1v) is 8.62. The first-order chi connectivity index (χ1) is 12.1. The quantitative estimate of drug-likeness (QED) is 0.723. The van der Waals surface area contributed by atoms with Crippen molar-refractivity contribution in [3.05, 3.63) is 65.6 Å². The van der Waals surface area contributed by atoms with Gasteiger partial charge in [0.1, 0.15) is 5.82 Å². The molecule has 0 amide bonds. The molecule has 0 saturated carbocycles. The summed E-state index contributed by atoms with van der Waals surface area (Å²) in [6.45, 7) is 3.83. The van der Waals surface area contributed by atoms with E-state index in [1.807, 2.05) is 31.3 Å².